The van der Waals surface area contributed by atoms with E-state index < -0.39 is 12.1 Å². The second kappa shape index (κ2) is 50.0. The number of rotatable bonds is 49. The quantitative estimate of drug-likeness (QED) is 0.0322. The molecule has 1 amide bonds. The molecule has 60 heavy (non-hydrogen) atoms. The van der Waals surface area contributed by atoms with Gasteiger partial charge in [-0.25, -0.2) is 0 Å². The van der Waals surface area contributed by atoms with Gasteiger partial charge in [0, 0.05) is 12.8 Å². The van der Waals surface area contributed by atoms with Crippen LogP contribution in [-0.4, -0.2) is 47.4 Å². The minimum absolute atomic E-state index is 0.0160. The van der Waals surface area contributed by atoms with Gasteiger partial charge in [0.2, 0.25) is 5.91 Å². The Hall–Kier alpha value is -1.66. The van der Waals surface area contributed by atoms with Crippen molar-refractivity contribution < 1.29 is 24.5 Å². The van der Waals surface area contributed by atoms with Gasteiger partial charge in [-0.05, 0) is 77.0 Å². The monoisotopic (exact) mass is 846 g/mol. The molecule has 0 aromatic heterocycles. The highest BCUT2D eigenvalue weighted by Gasteiger charge is 2.20. The van der Waals surface area contributed by atoms with E-state index in [-0.39, 0.29) is 18.5 Å². The van der Waals surface area contributed by atoms with Gasteiger partial charge in [-0.3, -0.25) is 9.59 Å². The second-order valence-electron chi connectivity index (χ2n) is 18.2. The molecule has 0 heterocycles. The van der Waals surface area contributed by atoms with Gasteiger partial charge in [0.15, 0.2) is 0 Å². The molecule has 354 valence electrons. The number of unbranched alkanes of at least 4 members (excludes halogenated alkanes) is 34. The van der Waals surface area contributed by atoms with Gasteiger partial charge >= 0.3 is 5.97 Å². The molecule has 0 fully saturated rings. The highest BCUT2D eigenvalue weighted by Crippen LogP contribution is 2.16. The standard InChI is InChI=1S/C54H103NO5/c1-3-5-7-9-11-13-15-17-18-19-20-24-28-32-36-40-44-48-54(59)60-49-45-41-37-33-29-25-21-23-27-31-35-39-43-47-53(58)55-51(50-56)52(57)46-42-38-34-30-26-22-16-14-12-10-8-6-4-2/h17-18,23,27,51-52,56-57H,3-16,19-22,24-26,28-50H2,1-2H3,(H,55,58)/b18-17-,27-23-. The predicted octanol–water partition coefficient (Wildman–Crippen LogP) is 15.9. The number of hydrogen-bond donors (Lipinski definition) is 3. The third-order valence-corrected chi connectivity index (χ3v) is 12.2. The van der Waals surface area contributed by atoms with Crippen LogP contribution in [0.3, 0.4) is 0 Å². The van der Waals surface area contributed by atoms with Gasteiger partial charge < -0.3 is 20.3 Å². The lowest BCUT2D eigenvalue weighted by Crippen LogP contribution is -2.45. The van der Waals surface area contributed by atoms with E-state index in [0.29, 0.717) is 25.9 Å². The largest absolute Gasteiger partial charge is 0.466 e. The summed E-state index contributed by atoms with van der Waals surface area (Å²) in [7, 11) is 0. The number of nitrogens with one attached hydrogen (secondary N) is 1. The minimum atomic E-state index is -0.680. The van der Waals surface area contributed by atoms with Gasteiger partial charge in [0.05, 0.1) is 25.4 Å². The molecule has 0 saturated heterocycles. The fourth-order valence-corrected chi connectivity index (χ4v) is 8.10. The molecule has 2 atom stereocenters. The molecular formula is C54H103NO5. The van der Waals surface area contributed by atoms with Crippen LogP contribution in [-0.2, 0) is 14.3 Å². The minimum Gasteiger partial charge on any atom is -0.466 e. The van der Waals surface area contributed by atoms with Crippen molar-refractivity contribution in [1.82, 2.24) is 5.32 Å². The van der Waals surface area contributed by atoms with Crippen LogP contribution >= 0.6 is 0 Å². The molecule has 0 saturated carbocycles. The van der Waals surface area contributed by atoms with Gasteiger partial charge in [0.25, 0.3) is 0 Å². The molecule has 0 aliphatic carbocycles. The number of ether oxygens (including phenoxy) is 1. The number of allylic oxidation sites excluding steroid dienone is 4. The van der Waals surface area contributed by atoms with E-state index >= 15 is 0 Å². The normalized spacial score (nSPS) is 12.8. The first-order valence-electron chi connectivity index (χ1n) is 26.6. The zero-order valence-corrected chi connectivity index (χ0v) is 40.2. The first-order chi connectivity index (χ1) is 29.5. The van der Waals surface area contributed by atoms with Crippen LogP contribution in [0.25, 0.3) is 0 Å². The summed E-state index contributed by atoms with van der Waals surface area (Å²) in [5.41, 5.74) is 0. The van der Waals surface area contributed by atoms with Crippen molar-refractivity contribution >= 4 is 11.9 Å². The molecule has 0 aromatic rings. The maximum absolute atomic E-state index is 12.4. The highest BCUT2D eigenvalue weighted by molar-refractivity contribution is 5.76. The van der Waals surface area contributed by atoms with Crippen molar-refractivity contribution in [2.45, 2.75) is 296 Å². The number of hydrogen-bond acceptors (Lipinski definition) is 5. The van der Waals surface area contributed by atoms with Crippen molar-refractivity contribution in [3.63, 3.8) is 0 Å². The van der Waals surface area contributed by atoms with E-state index in [1.807, 2.05) is 0 Å². The van der Waals surface area contributed by atoms with Crippen molar-refractivity contribution in [3.8, 4) is 0 Å². The van der Waals surface area contributed by atoms with E-state index in [1.54, 1.807) is 0 Å². The first kappa shape index (κ1) is 58.3. The Morgan fingerprint density at radius 3 is 1.20 bits per heavy atom. The maximum Gasteiger partial charge on any atom is 0.305 e. The summed E-state index contributed by atoms with van der Waals surface area (Å²) < 4.78 is 5.46. The predicted molar refractivity (Wildman–Crippen MR) is 260 cm³/mol. The molecule has 6 heteroatoms. The summed E-state index contributed by atoms with van der Waals surface area (Å²) in [6, 6.07) is -0.561. The molecule has 3 N–H and O–H groups in total. The number of carbonyl (C=O) groups excluding carboxylic acids is 2. The maximum atomic E-state index is 12.4. The van der Waals surface area contributed by atoms with Crippen molar-refractivity contribution in [2.24, 2.45) is 0 Å². The molecule has 0 aliphatic rings. The smallest absolute Gasteiger partial charge is 0.305 e. The first-order valence-corrected chi connectivity index (χ1v) is 26.6. The van der Waals surface area contributed by atoms with E-state index in [1.165, 1.54) is 180 Å². The third-order valence-electron chi connectivity index (χ3n) is 12.2. The van der Waals surface area contributed by atoms with Gasteiger partial charge in [-0.1, -0.05) is 218 Å². The Labute approximate surface area is 373 Å². The highest BCUT2D eigenvalue weighted by atomic mass is 16.5. The fourth-order valence-electron chi connectivity index (χ4n) is 8.10. The van der Waals surface area contributed by atoms with Crippen molar-refractivity contribution in [1.29, 1.82) is 0 Å². The van der Waals surface area contributed by atoms with Gasteiger partial charge in [-0.2, -0.15) is 0 Å². The summed E-state index contributed by atoms with van der Waals surface area (Å²) in [5, 5.41) is 23.2. The number of carbonyl (C=O) groups is 2. The van der Waals surface area contributed by atoms with E-state index in [2.05, 4.69) is 43.5 Å². The Balaban J connectivity index is 3.48. The average Bonchev–Trinajstić information content (AvgIpc) is 3.25. The lowest BCUT2D eigenvalue weighted by molar-refractivity contribution is -0.143. The molecule has 6 nitrogen and oxygen atoms in total. The average molecular weight is 846 g/mol. The van der Waals surface area contributed by atoms with Crippen LogP contribution in [0.1, 0.15) is 284 Å². The molecule has 0 aliphatic heterocycles. The van der Waals surface area contributed by atoms with E-state index in [9.17, 15) is 19.8 Å². The molecule has 0 radical (unpaired) electrons. The Bertz CT molecular complexity index is 935. The lowest BCUT2D eigenvalue weighted by atomic mass is 10.0. The zero-order valence-electron chi connectivity index (χ0n) is 40.2. The van der Waals surface area contributed by atoms with Crippen molar-refractivity contribution in [2.75, 3.05) is 13.2 Å². The number of esters is 1. The van der Waals surface area contributed by atoms with Crippen LogP contribution in [0, 0.1) is 0 Å². The van der Waals surface area contributed by atoms with E-state index in [0.717, 1.165) is 70.6 Å². The SMILES string of the molecule is CCCCCCCC/C=C\CCCCCCCCCC(=O)OCCCCCCCC/C=C\CCCCCC(=O)NC(CO)C(O)CCCCCCCCCCCCCCC. The summed E-state index contributed by atoms with van der Waals surface area (Å²) in [5.74, 6) is -0.0812. The Morgan fingerprint density at radius 2 is 0.783 bits per heavy atom. The topological polar surface area (TPSA) is 95.9 Å². The summed E-state index contributed by atoms with van der Waals surface area (Å²) in [6.45, 7) is 4.90. The zero-order chi connectivity index (χ0) is 43.7. The molecule has 0 aromatic carbocycles. The summed E-state index contributed by atoms with van der Waals surface area (Å²) >= 11 is 0. The van der Waals surface area contributed by atoms with Crippen LogP contribution in [0.5, 0.6) is 0 Å². The summed E-state index contributed by atoms with van der Waals surface area (Å²) in [6.07, 6.45) is 58.6. The molecule has 0 rings (SSSR count). The van der Waals surface area contributed by atoms with Gasteiger partial charge in [-0.15, -0.1) is 0 Å². The third kappa shape index (κ3) is 45.9. The molecular weight excluding hydrogens is 743 g/mol. The van der Waals surface area contributed by atoms with E-state index in [4.69, 9.17) is 4.74 Å². The van der Waals surface area contributed by atoms with Crippen LogP contribution in [0.4, 0.5) is 0 Å². The van der Waals surface area contributed by atoms with Crippen LogP contribution < -0.4 is 5.32 Å². The summed E-state index contributed by atoms with van der Waals surface area (Å²) in [4.78, 5) is 24.5. The lowest BCUT2D eigenvalue weighted by Gasteiger charge is -2.22. The van der Waals surface area contributed by atoms with Crippen LogP contribution in [0.2, 0.25) is 0 Å². The number of aliphatic hydroxyl groups is 2. The molecule has 0 bridgehead atoms. The van der Waals surface area contributed by atoms with Crippen LogP contribution in [0.15, 0.2) is 24.3 Å². The molecule has 0 spiro atoms. The second-order valence-corrected chi connectivity index (χ2v) is 18.2. The molecule has 2 unspecified atom stereocenters. The number of amides is 1. The van der Waals surface area contributed by atoms with Crippen molar-refractivity contribution in [3.05, 3.63) is 24.3 Å². The van der Waals surface area contributed by atoms with Gasteiger partial charge in [0.1, 0.15) is 0 Å². The fraction of sp³-hybridized carbons (Fsp3) is 0.889. The Morgan fingerprint density at radius 1 is 0.450 bits per heavy atom. The number of aliphatic hydroxyl groups excluding tert-OH is 2. The Kier molecular flexibility index (Phi) is 48.6.